The van der Waals surface area contributed by atoms with Gasteiger partial charge in [0.25, 0.3) is 5.91 Å². The number of benzene rings is 2. The van der Waals surface area contributed by atoms with Gasteiger partial charge in [0.15, 0.2) is 0 Å². The number of hydrogen-bond donors (Lipinski definition) is 3. The van der Waals surface area contributed by atoms with E-state index in [-0.39, 0.29) is 23.0 Å². The number of nitrogens with zero attached hydrogens (tertiary/aromatic N) is 1. The molecule has 0 radical (unpaired) electrons. The van der Waals surface area contributed by atoms with Crippen LogP contribution in [0.5, 0.6) is 11.5 Å². The number of fused-ring (bicyclic) bond motifs is 1. The summed E-state index contributed by atoms with van der Waals surface area (Å²) in [5, 5.41) is 22.5. The summed E-state index contributed by atoms with van der Waals surface area (Å²) < 4.78 is 0. The van der Waals surface area contributed by atoms with E-state index in [2.05, 4.69) is 11.9 Å². The van der Waals surface area contributed by atoms with Crippen LogP contribution < -0.4 is 5.32 Å². The van der Waals surface area contributed by atoms with Crippen molar-refractivity contribution in [1.29, 1.82) is 0 Å². The predicted molar refractivity (Wildman–Crippen MR) is 93.5 cm³/mol. The fourth-order valence-corrected chi connectivity index (χ4v) is 2.91. The molecule has 0 spiro atoms. The third-order valence-corrected chi connectivity index (χ3v) is 4.21. The summed E-state index contributed by atoms with van der Waals surface area (Å²) in [6.07, 6.45) is 1.67. The van der Waals surface area contributed by atoms with E-state index >= 15 is 0 Å². The second-order valence-corrected chi connectivity index (χ2v) is 5.82. The number of carbonyl (C=O) groups is 2. The van der Waals surface area contributed by atoms with E-state index in [0.29, 0.717) is 25.2 Å². The van der Waals surface area contributed by atoms with Gasteiger partial charge in [-0.15, -0.1) is 0 Å². The second kappa shape index (κ2) is 6.68. The molecule has 0 aliphatic carbocycles. The Hall–Kier alpha value is -3.28. The number of rotatable bonds is 3. The molecule has 3 N–H and O–H groups in total. The number of carbonyl (C=O) groups excluding carboxylic acids is 2. The molecule has 0 aromatic heterocycles. The first-order valence-electron chi connectivity index (χ1n) is 7.85. The van der Waals surface area contributed by atoms with Crippen molar-refractivity contribution in [1.82, 2.24) is 4.90 Å². The molecule has 0 unspecified atom stereocenters. The number of aromatic hydroxyl groups is 2. The zero-order chi connectivity index (χ0) is 18.0. The number of hydrogen-bond acceptors (Lipinski definition) is 4. The summed E-state index contributed by atoms with van der Waals surface area (Å²) in [6.45, 7) is 4.17. The lowest BCUT2D eigenvalue weighted by Crippen LogP contribution is -2.36. The maximum atomic E-state index is 12.8. The van der Waals surface area contributed by atoms with E-state index in [1.807, 2.05) is 6.07 Å². The van der Waals surface area contributed by atoms with E-state index in [9.17, 15) is 19.8 Å². The van der Waals surface area contributed by atoms with Crippen LogP contribution in [0.2, 0.25) is 0 Å². The molecule has 2 aromatic rings. The van der Waals surface area contributed by atoms with Crippen molar-refractivity contribution in [3.8, 4) is 11.5 Å². The number of phenolic OH excluding ortho intramolecular Hbond substituents is 2. The molecule has 6 nitrogen and oxygen atoms in total. The van der Waals surface area contributed by atoms with Crippen molar-refractivity contribution in [2.45, 2.75) is 13.0 Å². The minimum absolute atomic E-state index is 0.116. The van der Waals surface area contributed by atoms with Crippen molar-refractivity contribution in [2.75, 3.05) is 11.9 Å². The third-order valence-electron chi connectivity index (χ3n) is 4.21. The van der Waals surface area contributed by atoms with Gasteiger partial charge in [-0.1, -0.05) is 18.7 Å². The molecule has 6 heteroatoms. The first-order valence-corrected chi connectivity index (χ1v) is 7.85. The van der Waals surface area contributed by atoms with Crippen molar-refractivity contribution in [3.05, 3.63) is 65.7 Å². The zero-order valence-electron chi connectivity index (χ0n) is 13.5. The van der Waals surface area contributed by atoms with Crippen LogP contribution in [0.1, 0.15) is 21.5 Å². The Morgan fingerprint density at radius 3 is 2.72 bits per heavy atom. The van der Waals surface area contributed by atoms with Gasteiger partial charge >= 0.3 is 0 Å². The van der Waals surface area contributed by atoms with Crippen LogP contribution in [0.3, 0.4) is 0 Å². The molecule has 0 bridgehead atoms. The van der Waals surface area contributed by atoms with Gasteiger partial charge in [-0.25, -0.2) is 0 Å². The van der Waals surface area contributed by atoms with Gasteiger partial charge in [-0.3, -0.25) is 9.59 Å². The molecule has 1 aliphatic rings. The summed E-state index contributed by atoms with van der Waals surface area (Å²) in [5.74, 6) is -0.641. The van der Waals surface area contributed by atoms with Crippen molar-refractivity contribution in [2.24, 2.45) is 0 Å². The largest absolute Gasteiger partial charge is 0.508 e. The molecule has 0 saturated carbocycles. The van der Waals surface area contributed by atoms with Crippen LogP contribution in [0, 0.1) is 0 Å². The molecule has 25 heavy (non-hydrogen) atoms. The first kappa shape index (κ1) is 16.6. The van der Waals surface area contributed by atoms with Gasteiger partial charge in [0.05, 0.1) is 5.56 Å². The molecule has 1 heterocycles. The highest BCUT2D eigenvalue weighted by Gasteiger charge is 2.25. The summed E-state index contributed by atoms with van der Waals surface area (Å²) in [5.41, 5.74) is 2.25. The number of anilines is 1. The SMILES string of the molecule is C=CC(=O)Nc1ccc(O)c(C(=O)N2CCc3c(O)cccc3C2)c1. The fraction of sp³-hybridized carbons (Fsp3) is 0.158. The number of amides is 2. The Labute approximate surface area is 145 Å². The van der Waals surface area contributed by atoms with Gasteiger partial charge < -0.3 is 20.4 Å². The molecule has 128 valence electrons. The molecule has 2 amide bonds. The van der Waals surface area contributed by atoms with E-state index in [0.717, 1.165) is 17.2 Å². The summed E-state index contributed by atoms with van der Waals surface area (Å²) in [4.78, 5) is 25.8. The average Bonchev–Trinajstić information content (AvgIpc) is 2.62. The van der Waals surface area contributed by atoms with Crippen LogP contribution in [-0.2, 0) is 17.8 Å². The zero-order valence-corrected chi connectivity index (χ0v) is 13.5. The molecule has 0 saturated heterocycles. The summed E-state index contributed by atoms with van der Waals surface area (Å²) in [6, 6.07) is 9.57. The molecule has 3 rings (SSSR count). The van der Waals surface area contributed by atoms with Crippen LogP contribution in [0.4, 0.5) is 5.69 Å². The average molecular weight is 338 g/mol. The molecule has 0 fully saturated rings. The summed E-state index contributed by atoms with van der Waals surface area (Å²) in [7, 11) is 0. The van der Waals surface area contributed by atoms with Gasteiger partial charge in [-0.2, -0.15) is 0 Å². The van der Waals surface area contributed by atoms with E-state index < -0.39 is 5.91 Å². The molecule has 1 aliphatic heterocycles. The topological polar surface area (TPSA) is 89.9 Å². The number of phenols is 2. The Balaban J connectivity index is 1.85. The first-order chi connectivity index (χ1) is 12.0. The van der Waals surface area contributed by atoms with E-state index in [1.165, 1.54) is 18.2 Å². The monoisotopic (exact) mass is 338 g/mol. The predicted octanol–water partition coefficient (Wildman–Crippen LogP) is 2.42. The van der Waals surface area contributed by atoms with Gasteiger partial charge in [0, 0.05) is 24.3 Å². The lowest BCUT2D eigenvalue weighted by Gasteiger charge is -2.29. The molecular formula is C19H18N2O4. The lowest BCUT2D eigenvalue weighted by atomic mass is 9.98. The number of nitrogens with one attached hydrogen (secondary N) is 1. The lowest BCUT2D eigenvalue weighted by molar-refractivity contribution is -0.111. The van der Waals surface area contributed by atoms with Crippen LogP contribution in [0.25, 0.3) is 0 Å². The van der Waals surface area contributed by atoms with Gasteiger partial charge in [-0.05, 0) is 42.3 Å². The maximum Gasteiger partial charge on any atom is 0.257 e. The smallest absolute Gasteiger partial charge is 0.257 e. The molecule has 2 aromatic carbocycles. The highest BCUT2D eigenvalue weighted by molar-refractivity contribution is 6.02. The quantitative estimate of drug-likeness (QED) is 0.592. The highest BCUT2D eigenvalue weighted by Crippen LogP contribution is 2.29. The fourth-order valence-electron chi connectivity index (χ4n) is 2.91. The Morgan fingerprint density at radius 1 is 1.16 bits per heavy atom. The van der Waals surface area contributed by atoms with Crippen molar-refractivity contribution >= 4 is 17.5 Å². The Morgan fingerprint density at radius 2 is 1.96 bits per heavy atom. The van der Waals surface area contributed by atoms with Gasteiger partial charge in [0.1, 0.15) is 11.5 Å². The maximum absolute atomic E-state index is 12.8. The van der Waals surface area contributed by atoms with E-state index in [4.69, 9.17) is 0 Å². The minimum atomic E-state index is -0.397. The second-order valence-electron chi connectivity index (χ2n) is 5.82. The van der Waals surface area contributed by atoms with Crippen molar-refractivity contribution in [3.63, 3.8) is 0 Å². The standard InChI is InChI=1S/C19H18N2O4/c1-2-18(24)20-13-6-7-17(23)15(10-13)19(25)21-9-8-14-12(11-21)4-3-5-16(14)22/h2-7,10,22-23H,1,8-9,11H2,(H,20,24). The molecule has 0 atom stereocenters. The minimum Gasteiger partial charge on any atom is -0.508 e. The van der Waals surface area contributed by atoms with Crippen molar-refractivity contribution < 1.29 is 19.8 Å². The Bertz CT molecular complexity index is 860. The Kier molecular flexibility index (Phi) is 4.43. The van der Waals surface area contributed by atoms with Crippen LogP contribution in [-0.4, -0.2) is 33.5 Å². The van der Waals surface area contributed by atoms with Crippen LogP contribution in [0.15, 0.2) is 49.1 Å². The summed E-state index contributed by atoms with van der Waals surface area (Å²) >= 11 is 0. The van der Waals surface area contributed by atoms with Gasteiger partial charge in [0.2, 0.25) is 5.91 Å². The van der Waals surface area contributed by atoms with Crippen LogP contribution >= 0.6 is 0 Å². The molecular weight excluding hydrogens is 320 g/mol. The van der Waals surface area contributed by atoms with E-state index in [1.54, 1.807) is 17.0 Å². The normalized spacial score (nSPS) is 13.0. The highest BCUT2D eigenvalue weighted by atomic mass is 16.3. The third kappa shape index (κ3) is 3.33.